The lowest BCUT2D eigenvalue weighted by atomic mass is 10.0. The van der Waals surface area contributed by atoms with Crippen LogP contribution in [0.4, 0.5) is 0 Å². The fourth-order valence-electron chi connectivity index (χ4n) is 1.60. The molecule has 4 nitrogen and oxygen atoms in total. The topological polar surface area (TPSA) is 61.3 Å². The summed E-state index contributed by atoms with van der Waals surface area (Å²) in [6.07, 6.45) is 1.64. The van der Waals surface area contributed by atoms with Gasteiger partial charge in [-0.2, -0.15) is 0 Å². The van der Waals surface area contributed by atoms with Gasteiger partial charge in [-0.15, -0.1) is 11.3 Å². The summed E-state index contributed by atoms with van der Waals surface area (Å²) in [6, 6.07) is 3.74. The lowest BCUT2D eigenvalue weighted by molar-refractivity contribution is 0.180. The van der Waals surface area contributed by atoms with Gasteiger partial charge in [-0.25, -0.2) is 4.98 Å². The van der Waals surface area contributed by atoms with Crippen LogP contribution in [0.3, 0.4) is 0 Å². The van der Waals surface area contributed by atoms with Gasteiger partial charge in [-0.1, -0.05) is 0 Å². The Kier molecular flexibility index (Phi) is 3.33. The molecule has 2 N–H and O–H groups in total. The molecule has 0 bridgehead atoms. The second kappa shape index (κ2) is 4.60. The van der Waals surface area contributed by atoms with Crippen molar-refractivity contribution >= 4 is 11.3 Å². The molecular weight excluding hydrogens is 236 g/mol. The molecule has 0 atom stereocenters. The lowest BCUT2D eigenvalue weighted by Gasteiger charge is -2.17. The Morgan fingerprint density at radius 1 is 1.53 bits per heavy atom. The van der Waals surface area contributed by atoms with E-state index in [0.717, 1.165) is 21.3 Å². The molecule has 0 aliphatic rings. The molecule has 0 radical (unpaired) electrons. The van der Waals surface area contributed by atoms with Crippen LogP contribution in [0.5, 0.6) is 0 Å². The Labute approximate surface area is 104 Å². The quantitative estimate of drug-likeness (QED) is 0.908. The van der Waals surface area contributed by atoms with Crippen LogP contribution in [0.2, 0.25) is 0 Å². The van der Waals surface area contributed by atoms with Gasteiger partial charge in [0, 0.05) is 12.6 Å². The van der Waals surface area contributed by atoms with Crippen LogP contribution in [0.25, 0.3) is 10.8 Å². The normalized spacial score (nSPS) is 12.0. The highest BCUT2D eigenvalue weighted by Crippen LogP contribution is 2.34. The molecule has 2 aromatic rings. The van der Waals surface area contributed by atoms with E-state index in [2.05, 4.69) is 4.98 Å². The van der Waals surface area contributed by atoms with E-state index in [0.29, 0.717) is 6.61 Å². The molecule has 92 valence electrons. The molecule has 0 aromatic carbocycles. The zero-order valence-corrected chi connectivity index (χ0v) is 11.0. The molecule has 2 aromatic heterocycles. The standard InChI is InChI=1S/C12H16N2O2S/c1-12(2,13)10-8(7-15-3)14-11(17-10)9-5-4-6-16-9/h4-6H,7,13H2,1-3H3. The number of thiazole rings is 1. The minimum absolute atomic E-state index is 0.420. The summed E-state index contributed by atoms with van der Waals surface area (Å²) < 4.78 is 10.5. The number of ether oxygens (including phenoxy) is 1. The third kappa shape index (κ3) is 2.57. The number of furan rings is 1. The second-order valence-electron chi connectivity index (χ2n) is 4.43. The molecule has 0 aliphatic carbocycles. The van der Waals surface area contributed by atoms with E-state index in [4.69, 9.17) is 14.9 Å². The van der Waals surface area contributed by atoms with Crippen LogP contribution < -0.4 is 5.73 Å². The van der Waals surface area contributed by atoms with Crippen molar-refractivity contribution in [3.8, 4) is 10.8 Å². The average Bonchev–Trinajstić information content (AvgIpc) is 2.82. The van der Waals surface area contributed by atoms with E-state index in [1.807, 2.05) is 26.0 Å². The van der Waals surface area contributed by atoms with Crippen molar-refractivity contribution in [1.82, 2.24) is 4.98 Å². The third-order valence-electron chi connectivity index (χ3n) is 2.30. The summed E-state index contributed by atoms with van der Waals surface area (Å²) in [5.41, 5.74) is 6.60. The highest BCUT2D eigenvalue weighted by molar-refractivity contribution is 7.15. The Hall–Kier alpha value is -1.17. The second-order valence-corrected chi connectivity index (χ2v) is 5.43. The summed E-state index contributed by atoms with van der Waals surface area (Å²) in [6.45, 7) is 4.39. The Morgan fingerprint density at radius 2 is 2.29 bits per heavy atom. The van der Waals surface area contributed by atoms with Gasteiger partial charge in [0.2, 0.25) is 0 Å². The summed E-state index contributed by atoms with van der Waals surface area (Å²) >= 11 is 1.55. The van der Waals surface area contributed by atoms with Crippen molar-refractivity contribution in [3.63, 3.8) is 0 Å². The fraction of sp³-hybridized carbons (Fsp3) is 0.417. The number of rotatable bonds is 4. The molecule has 0 saturated heterocycles. The van der Waals surface area contributed by atoms with Crippen molar-refractivity contribution in [3.05, 3.63) is 29.0 Å². The van der Waals surface area contributed by atoms with Crippen molar-refractivity contribution in [1.29, 1.82) is 0 Å². The number of nitrogens with two attached hydrogens (primary N) is 1. The maximum Gasteiger partial charge on any atom is 0.162 e. The van der Waals surface area contributed by atoms with Crippen molar-refractivity contribution in [2.24, 2.45) is 5.73 Å². The smallest absolute Gasteiger partial charge is 0.162 e. The monoisotopic (exact) mass is 252 g/mol. The van der Waals surface area contributed by atoms with E-state index in [9.17, 15) is 0 Å². The zero-order chi connectivity index (χ0) is 12.5. The molecule has 0 fully saturated rings. The van der Waals surface area contributed by atoms with Gasteiger partial charge in [0.1, 0.15) is 0 Å². The predicted octanol–water partition coefficient (Wildman–Crippen LogP) is 2.74. The molecule has 0 spiro atoms. The molecule has 0 saturated carbocycles. The first-order chi connectivity index (χ1) is 8.02. The van der Waals surface area contributed by atoms with Crippen LogP contribution in [-0.2, 0) is 16.9 Å². The summed E-state index contributed by atoms with van der Waals surface area (Å²) in [5.74, 6) is 0.767. The summed E-state index contributed by atoms with van der Waals surface area (Å²) in [4.78, 5) is 5.56. The Balaban J connectivity index is 2.45. The van der Waals surface area contributed by atoms with Gasteiger partial charge in [0.15, 0.2) is 10.8 Å². The van der Waals surface area contributed by atoms with E-state index in [1.165, 1.54) is 0 Å². The first-order valence-electron chi connectivity index (χ1n) is 5.34. The first-order valence-corrected chi connectivity index (χ1v) is 6.16. The number of hydrogen-bond donors (Lipinski definition) is 1. The van der Waals surface area contributed by atoms with Crippen molar-refractivity contribution in [2.45, 2.75) is 26.0 Å². The van der Waals surface area contributed by atoms with E-state index in [1.54, 1.807) is 24.7 Å². The third-order valence-corrected chi connectivity index (χ3v) is 3.75. The van der Waals surface area contributed by atoms with E-state index < -0.39 is 5.54 Å². The number of aromatic nitrogens is 1. The van der Waals surface area contributed by atoms with Gasteiger partial charge < -0.3 is 14.9 Å². The van der Waals surface area contributed by atoms with E-state index >= 15 is 0 Å². The number of hydrogen-bond acceptors (Lipinski definition) is 5. The average molecular weight is 252 g/mol. The van der Waals surface area contributed by atoms with Gasteiger partial charge >= 0.3 is 0 Å². The minimum atomic E-state index is -0.420. The highest BCUT2D eigenvalue weighted by Gasteiger charge is 2.24. The Bertz CT molecular complexity index is 483. The van der Waals surface area contributed by atoms with E-state index in [-0.39, 0.29) is 0 Å². The highest BCUT2D eigenvalue weighted by atomic mass is 32.1. The van der Waals surface area contributed by atoms with Gasteiger partial charge in [-0.3, -0.25) is 0 Å². The zero-order valence-electron chi connectivity index (χ0n) is 10.2. The molecule has 0 amide bonds. The maximum absolute atomic E-state index is 6.14. The molecule has 17 heavy (non-hydrogen) atoms. The van der Waals surface area contributed by atoms with Crippen LogP contribution in [-0.4, -0.2) is 12.1 Å². The Morgan fingerprint density at radius 3 is 2.82 bits per heavy atom. The summed E-state index contributed by atoms with van der Waals surface area (Å²) in [5, 5.41) is 0.843. The molecule has 2 rings (SSSR count). The van der Waals surface area contributed by atoms with Crippen LogP contribution >= 0.6 is 11.3 Å². The molecule has 0 unspecified atom stereocenters. The van der Waals surface area contributed by atoms with Gasteiger partial charge in [0.05, 0.1) is 23.4 Å². The first kappa shape index (κ1) is 12.3. The van der Waals surface area contributed by atoms with Crippen LogP contribution in [0, 0.1) is 0 Å². The molecular formula is C12H16N2O2S. The van der Waals surface area contributed by atoms with Crippen LogP contribution in [0.15, 0.2) is 22.8 Å². The molecule has 2 heterocycles. The molecule has 0 aliphatic heterocycles. The van der Waals surface area contributed by atoms with Crippen LogP contribution in [0.1, 0.15) is 24.4 Å². The fourth-order valence-corrected chi connectivity index (χ4v) is 2.65. The number of nitrogens with zero attached hydrogens (tertiary/aromatic N) is 1. The van der Waals surface area contributed by atoms with Crippen molar-refractivity contribution in [2.75, 3.05) is 7.11 Å². The largest absolute Gasteiger partial charge is 0.462 e. The number of methoxy groups -OCH3 is 1. The van der Waals surface area contributed by atoms with Crippen molar-refractivity contribution < 1.29 is 9.15 Å². The minimum Gasteiger partial charge on any atom is -0.462 e. The SMILES string of the molecule is COCc1nc(-c2ccco2)sc1C(C)(C)N. The lowest BCUT2D eigenvalue weighted by Crippen LogP contribution is -2.28. The predicted molar refractivity (Wildman–Crippen MR) is 67.7 cm³/mol. The van der Waals surface area contributed by atoms with Gasteiger partial charge in [0.25, 0.3) is 0 Å². The molecule has 5 heteroatoms. The van der Waals surface area contributed by atoms with Gasteiger partial charge in [-0.05, 0) is 26.0 Å². The maximum atomic E-state index is 6.14. The summed E-state index contributed by atoms with van der Waals surface area (Å²) in [7, 11) is 1.65.